The summed E-state index contributed by atoms with van der Waals surface area (Å²) in [5.74, 6) is 0. The van der Waals surface area contributed by atoms with Gasteiger partial charge in [-0.15, -0.1) is 0 Å². The first-order chi connectivity index (χ1) is 4.84. The Balaban J connectivity index is 2.70. The lowest BCUT2D eigenvalue weighted by Crippen LogP contribution is -2.20. The Morgan fingerprint density at radius 1 is 1.80 bits per heavy atom. The zero-order chi connectivity index (χ0) is 7.40. The molecule has 1 N–H and O–H groups in total. The molecule has 0 bridgehead atoms. The Bertz CT molecular complexity index is 194. The summed E-state index contributed by atoms with van der Waals surface area (Å²) in [7, 11) is 1.94. The summed E-state index contributed by atoms with van der Waals surface area (Å²) >= 11 is 0. The molecule has 3 nitrogen and oxygen atoms in total. The molecule has 1 aliphatic heterocycles. The van der Waals surface area contributed by atoms with Gasteiger partial charge in [0.05, 0.1) is 11.9 Å². The van der Waals surface area contributed by atoms with Gasteiger partial charge in [-0.25, -0.2) is 0 Å². The van der Waals surface area contributed by atoms with Crippen LogP contribution in [0.3, 0.4) is 0 Å². The number of hydrogen-bond acceptors (Lipinski definition) is 3. The average Bonchev–Trinajstić information content (AvgIpc) is 1.94. The highest BCUT2D eigenvalue weighted by Crippen LogP contribution is 2.03. The van der Waals surface area contributed by atoms with Gasteiger partial charge in [0.1, 0.15) is 0 Å². The van der Waals surface area contributed by atoms with Gasteiger partial charge in [-0.1, -0.05) is 17.3 Å². The van der Waals surface area contributed by atoms with E-state index in [0.717, 1.165) is 12.2 Å². The molecular weight excluding hydrogens is 128 g/mol. The van der Waals surface area contributed by atoms with E-state index in [0.29, 0.717) is 0 Å². The van der Waals surface area contributed by atoms with Crippen LogP contribution in [0.15, 0.2) is 29.1 Å². The molecule has 1 aliphatic rings. The molecule has 0 fully saturated rings. The first-order valence-electron chi connectivity index (χ1n) is 3.10. The van der Waals surface area contributed by atoms with Gasteiger partial charge >= 0.3 is 0 Å². The lowest BCUT2D eigenvalue weighted by Gasteiger charge is -2.19. The highest BCUT2D eigenvalue weighted by atomic mass is 16.4. The van der Waals surface area contributed by atoms with Crippen LogP contribution >= 0.6 is 0 Å². The molecule has 0 saturated carbocycles. The maximum absolute atomic E-state index is 8.21. The van der Waals surface area contributed by atoms with Crippen molar-refractivity contribution in [2.45, 2.75) is 0 Å². The molecule has 3 heteroatoms. The molecule has 0 aliphatic carbocycles. The molecule has 0 unspecified atom stereocenters. The Hall–Kier alpha value is -1.25. The van der Waals surface area contributed by atoms with Gasteiger partial charge < -0.3 is 10.1 Å². The van der Waals surface area contributed by atoms with E-state index in [9.17, 15) is 0 Å². The molecule has 0 amide bonds. The predicted molar refractivity (Wildman–Crippen MR) is 40.1 cm³/mol. The minimum atomic E-state index is 0.873. The van der Waals surface area contributed by atoms with Crippen LogP contribution in [0.2, 0.25) is 0 Å². The van der Waals surface area contributed by atoms with Gasteiger partial charge in [0, 0.05) is 13.6 Å². The second-order valence-electron chi connectivity index (χ2n) is 2.14. The summed E-state index contributed by atoms with van der Waals surface area (Å²) < 4.78 is 0. The van der Waals surface area contributed by atoms with Gasteiger partial charge in [0.15, 0.2) is 0 Å². The number of oxime groups is 1. The van der Waals surface area contributed by atoms with Crippen molar-refractivity contribution in [3.8, 4) is 0 Å². The first-order valence-corrected chi connectivity index (χ1v) is 3.10. The van der Waals surface area contributed by atoms with Crippen molar-refractivity contribution in [3.05, 3.63) is 23.9 Å². The van der Waals surface area contributed by atoms with Crippen molar-refractivity contribution in [3.63, 3.8) is 0 Å². The van der Waals surface area contributed by atoms with Crippen molar-refractivity contribution < 1.29 is 5.21 Å². The van der Waals surface area contributed by atoms with Crippen LogP contribution in [-0.2, 0) is 0 Å². The summed E-state index contributed by atoms with van der Waals surface area (Å²) in [6, 6.07) is 0. The van der Waals surface area contributed by atoms with Gasteiger partial charge in [0.2, 0.25) is 0 Å². The number of likely N-dealkylation sites (N-methyl/N-ethyl adjacent to an activating group) is 1. The molecule has 0 radical (unpaired) electrons. The van der Waals surface area contributed by atoms with Crippen LogP contribution in [0.25, 0.3) is 0 Å². The molecule has 1 heterocycles. The number of allylic oxidation sites excluding steroid dienone is 3. The highest BCUT2D eigenvalue weighted by molar-refractivity contribution is 5.77. The smallest absolute Gasteiger partial charge is 0.0894 e. The fourth-order valence-corrected chi connectivity index (χ4v) is 0.819. The Morgan fingerprint density at radius 2 is 2.60 bits per heavy atom. The quantitative estimate of drug-likeness (QED) is 0.331. The summed E-state index contributed by atoms with van der Waals surface area (Å²) in [6.07, 6.45) is 7.29. The van der Waals surface area contributed by atoms with E-state index in [1.807, 2.05) is 30.2 Å². The fraction of sp³-hybridized carbons (Fsp3) is 0.286. The number of hydrogen-bond donors (Lipinski definition) is 1. The molecule has 0 aromatic rings. The largest absolute Gasteiger partial charge is 0.411 e. The Labute approximate surface area is 59.9 Å². The predicted octanol–water partition coefficient (Wildman–Crippen LogP) is 0.832. The van der Waals surface area contributed by atoms with Gasteiger partial charge in [0.25, 0.3) is 0 Å². The van der Waals surface area contributed by atoms with E-state index in [-0.39, 0.29) is 0 Å². The minimum Gasteiger partial charge on any atom is -0.411 e. The summed E-state index contributed by atoms with van der Waals surface area (Å²) in [5, 5.41) is 11.2. The third-order valence-electron chi connectivity index (χ3n) is 1.41. The van der Waals surface area contributed by atoms with Crippen LogP contribution in [-0.4, -0.2) is 29.9 Å². The molecule has 10 heavy (non-hydrogen) atoms. The molecule has 0 spiro atoms. The summed E-state index contributed by atoms with van der Waals surface area (Å²) in [4.78, 5) is 1.99. The van der Waals surface area contributed by atoms with Gasteiger partial charge in [-0.05, 0) is 6.08 Å². The second kappa shape index (κ2) is 3.06. The van der Waals surface area contributed by atoms with Crippen molar-refractivity contribution >= 4 is 6.21 Å². The lowest BCUT2D eigenvalue weighted by molar-refractivity contribution is 0.320. The first kappa shape index (κ1) is 6.86. The lowest BCUT2D eigenvalue weighted by atomic mass is 10.3. The van der Waals surface area contributed by atoms with E-state index in [1.165, 1.54) is 6.21 Å². The third kappa shape index (κ3) is 1.37. The topological polar surface area (TPSA) is 35.8 Å². The maximum atomic E-state index is 8.21. The zero-order valence-corrected chi connectivity index (χ0v) is 5.86. The molecule has 0 aromatic carbocycles. The molecule has 0 atom stereocenters. The van der Waals surface area contributed by atoms with Crippen LogP contribution in [0.4, 0.5) is 0 Å². The van der Waals surface area contributed by atoms with Crippen LogP contribution in [0, 0.1) is 0 Å². The highest BCUT2D eigenvalue weighted by Gasteiger charge is 2.01. The Morgan fingerprint density at radius 3 is 3.20 bits per heavy atom. The van der Waals surface area contributed by atoms with Crippen molar-refractivity contribution in [2.75, 3.05) is 13.6 Å². The maximum Gasteiger partial charge on any atom is 0.0894 e. The number of nitrogens with zero attached hydrogens (tertiary/aromatic N) is 2. The van der Waals surface area contributed by atoms with E-state index in [1.54, 1.807) is 0 Å². The Kier molecular flexibility index (Phi) is 2.10. The molecule has 0 saturated heterocycles. The fourth-order valence-electron chi connectivity index (χ4n) is 0.819. The normalized spacial score (nSPS) is 18.1. The average molecular weight is 138 g/mol. The monoisotopic (exact) mass is 138 g/mol. The van der Waals surface area contributed by atoms with E-state index < -0.39 is 0 Å². The van der Waals surface area contributed by atoms with Crippen LogP contribution in [0.5, 0.6) is 0 Å². The van der Waals surface area contributed by atoms with Crippen LogP contribution < -0.4 is 0 Å². The summed E-state index contributed by atoms with van der Waals surface area (Å²) in [6.45, 7) is 0.873. The van der Waals surface area contributed by atoms with Gasteiger partial charge in [-0.3, -0.25) is 0 Å². The zero-order valence-electron chi connectivity index (χ0n) is 5.86. The SMILES string of the molecule is CN1CC=CC=C1C=NO. The standard InChI is InChI=1S/C7H10N2O/c1-9-5-3-2-4-7(9)6-8-10/h2-4,6,10H,5H2,1H3. The van der Waals surface area contributed by atoms with E-state index in [4.69, 9.17) is 5.21 Å². The summed E-state index contributed by atoms with van der Waals surface area (Å²) in [5.41, 5.74) is 0.921. The van der Waals surface area contributed by atoms with Crippen molar-refractivity contribution in [1.29, 1.82) is 0 Å². The number of rotatable bonds is 1. The van der Waals surface area contributed by atoms with E-state index in [2.05, 4.69) is 5.16 Å². The third-order valence-corrected chi connectivity index (χ3v) is 1.41. The van der Waals surface area contributed by atoms with Gasteiger partial charge in [-0.2, -0.15) is 0 Å². The van der Waals surface area contributed by atoms with Crippen molar-refractivity contribution in [2.24, 2.45) is 5.16 Å². The minimum absolute atomic E-state index is 0.873. The van der Waals surface area contributed by atoms with Crippen molar-refractivity contribution in [1.82, 2.24) is 4.90 Å². The molecular formula is C7H10N2O. The second-order valence-corrected chi connectivity index (χ2v) is 2.14. The molecule has 54 valence electrons. The van der Waals surface area contributed by atoms with Crippen LogP contribution in [0.1, 0.15) is 0 Å². The molecule has 1 rings (SSSR count). The molecule has 0 aromatic heterocycles. The van der Waals surface area contributed by atoms with E-state index >= 15 is 0 Å².